The van der Waals surface area contributed by atoms with Crippen molar-refractivity contribution in [2.45, 2.75) is 31.7 Å². The van der Waals surface area contributed by atoms with Crippen molar-refractivity contribution in [1.82, 2.24) is 10.2 Å². The van der Waals surface area contributed by atoms with Gasteiger partial charge in [0.05, 0.1) is 7.11 Å². The van der Waals surface area contributed by atoms with Crippen LogP contribution in [0.5, 0.6) is 0 Å². The van der Waals surface area contributed by atoms with E-state index in [0.29, 0.717) is 5.92 Å². The minimum absolute atomic E-state index is 0.0621. The summed E-state index contributed by atoms with van der Waals surface area (Å²) in [6, 6.07) is 0. The van der Waals surface area contributed by atoms with Crippen LogP contribution in [0.4, 0.5) is 0 Å². The van der Waals surface area contributed by atoms with E-state index < -0.39 is 5.54 Å². The molecule has 2 aliphatic rings. The number of nitrogens with zero attached hydrogens (tertiary/aromatic N) is 1. The lowest BCUT2D eigenvalue weighted by molar-refractivity contribution is -0.150. The summed E-state index contributed by atoms with van der Waals surface area (Å²) < 4.78 is 5.00. The Morgan fingerprint density at radius 2 is 2.44 bits per heavy atom. The first-order valence-electron chi connectivity index (χ1n) is 6.28. The fourth-order valence-corrected chi connectivity index (χ4v) is 3.16. The van der Waals surface area contributed by atoms with Gasteiger partial charge in [-0.25, -0.2) is 0 Å². The average molecular weight is 226 g/mol. The van der Waals surface area contributed by atoms with Gasteiger partial charge in [-0.1, -0.05) is 6.92 Å². The number of hydrogen-bond acceptors (Lipinski definition) is 4. The Morgan fingerprint density at radius 3 is 2.94 bits per heavy atom. The zero-order chi connectivity index (χ0) is 11.6. The van der Waals surface area contributed by atoms with Crippen LogP contribution in [0.1, 0.15) is 26.2 Å². The normalized spacial score (nSPS) is 35.5. The number of hydrogen-bond donors (Lipinski definition) is 1. The van der Waals surface area contributed by atoms with Crippen molar-refractivity contribution < 1.29 is 9.53 Å². The smallest absolute Gasteiger partial charge is 0.326 e. The maximum atomic E-state index is 12.0. The van der Waals surface area contributed by atoms with Gasteiger partial charge >= 0.3 is 5.97 Å². The molecule has 92 valence electrons. The van der Waals surface area contributed by atoms with Crippen molar-refractivity contribution >= 4 is 5.97 Å². The Bertz CT molecular complexity index is 262. The van der Waals surface area contributed by atoms with Crippen molar-refractivity contribution in [2.24, 2.45) is 5.92 Å². The summed E-state index contributed by atoms with van der Waals surface area (Å²) >= 11 is 0. The molecule has 2 saturated heterocycles. The van der Waals surface area contributed by atoms with Crippen LogP contribution in [0, 0.1) is 5.92 Å². The summed E-state index contributed by atoms with van der Waals surface area (Å²) in [7, 11) is 1.50. The molecule has 0 aromatic heterocycles. The molecule has 0 aromatic carbocycles. The van der Waals surface area contributed by atoms with E-state index in [1.54, 1.807) is 0 Å². The van der Waals surface area contributed by atoms with E-state index in [9.17, 15) is 4.79 Å². The molecule has 2 fully saturated rings. The molecular formula is C12H22N2O2. The van der Waals surface area contributed by atoms with Gasteiger partial charge in [-0.2, -0.15) is 0 Å². The molecule has 0 bridgehead atoms. The highest BCUT2D eigenvalue weighted by molar-refractivity contribution is 5.81. The van der Waals surface area contributed by atoms with Gasteiger partial charge in [-0.15, -0.1) is 0 Å². The molecular weight excluding hydrogens is 204 g/mol. The third kappa shape index (κ3) is 1.84. The van der Waals surface area contributed by atoms with Gasteiger partial charge in [0.15, 0.2) is 0 Å². The third-order valence-electron chi connectivity index (χ3n) is 4.15. The van der Waals surface area contributed by atoms with Gasteiger partial charge in [0.1, 0.15) is 5.54 Å². The minimum atomic E-state index is -0.390. The molecule has 2 rings (SSSR count). The summed E-state index contributed by atoms with van der Waals surface area (Å²) in [5, 5.41) is 3.41. The maximum Gasteiger partial charge on any atom is 0.326 e. The van der Waals surface area contributed by atoms with Crippen LogP contribution in [-0.2, 0) is 9.53 Å². The van der Waals surface area contributed by atoms with Crippen LogP contribution >= 0.6 is 0 Å². The Labute approximate surface area is 97.3 Å². The molecule has 2 unspecified atom stereocenters. The second kappa shape index (κ2) is 4.72. The predicted molar refractivity (Wildman–Crippen MR) is 62.2 cm³/mol. The van der Waals surface area contributed by atoms with Crippen LogP contribution in [-0.4, -0.2) is 49.7 Å². The van der Waals surface area contributed by atoms with Crippen molar-refractivity contribution in [3.8, 4) is 0 Å². The Balaban J connectivity index is 2.11. The molecule has 16 heavy (non-hydrogen) atoms. The molecule has 0 aliphatic carbocycles. The molecule has 2 aliphatic heterocycles. The zero-order valence-electron chi connectivity index (χ0n) is 10.3. The molecule has 0 amide bonds. The van der Waals surface area contributed by atoms with E-state index in [-0.39, 0.29) is 5.97 Å². The average Bonchev–Trinajstić information content (AvgIpc) is 2.96. The quantitative estimate of drug-likeness (QED) is 0.716. The van der Waals surface area contributed by atoms with Crippen molar-refractivity contribution in [1.29, 1.82) is 0 Å². The summed E-state index contributed by atoms with van der Waals surface area (Å²) in [5.41, 5.74) is -0.390. The maximum absolute atomic E-state index is 12.0. The first kappa shape index (κ1) is 11.9. The molecule has 2 atom stereocenters. The number of ether oxygens (including phenoxy) is 1. The van der Waals surface area contributed by atoms with Crippen LogP contribution in [0.2, 0.25) is 0 Å². The first-order valence-corrected chi connectivity index (χ1v) is 6.28. The van der Waals surface area contributed by atoms with Crippen LogP contribution in [0.15, 0.2) is 0 Å². The van der Waals surface area contributed by atoms with Crippen molar-refractivity contribution in [2.75, 3.05) is 33.3 Å². The standard InChI is InChI=1S/C12H22N2O2/c1-3-14-8-5-10(9-14)12(11(15)16-2)6-4-7-13-12/h10,13H,3-9H2,1-2H3. The molecule has 2 heterocycles. The summed E-state index contributed by atoms with van der Waals surface area (Å²) in [6.45, 7) is 6.33. The highest BCUT2D eigenvalue weighted by atomic mass is 16.5. The van der Waals surface area contributed by atoms with Gasteiger partial charge in [0.2, 0.25) is 0 Å². The predicted octanol–water partition coefficient (Wildman–Crippen LogP) is 0.623. The molecule has 0 spiro atoms. The Kier molecular flexibility index (Phi) is 3.50. The largest absolute Gasteiger partial charge is 0.468 e. The number of esters is 1. The van der Waals surface area contributed by atoms with Gasteiger partial charge in [-0.3, -0.25) is 4.79 Å². The lowest BCUT2D eigenvalue weighted by Gasteiger charge is -2.32. The SMILES string of the molecule is CCN1CCC(C2(C(=O)OC)CCCN2)C1. The van der Waals surface area contributed by atoms with Crippen molar-refractivity contribution in [3.63, 3.8) is 0 Å². The van der Waals surface area contributed by atoms with E-state index in [0.717, 1.165) is 45.4 Å². The highest BCUT2D eigenvalue weighted by Gasteiger charge is 2.50. The topological polar surface area (TPSA) is 41.6 Å². The fourth-order valence-electron chi connectivity index (χ4n) is 3.16. The Hall–Kier alpha value is -0.610. The number of likely N-dealkylation sites (tertiary alicyclic amines) is 1. The summed E-state index contributed by atoms with van der Waals surface area (Å²) in [6.07, 6.45) is 3.12. The highest BCUT2D eigenvalue weighted by Crippen LogP contribution is 2.35. The van der Waals surface area contributed by atoms with Gasteiger partial charge < -0.3 is 15.0 Å². The van der Waals surface area contributed by atoms with Crippen LogP contribution < -0.4 is 5.32 Å². The van der Waals surface area contributed by atoms with Gasteiger partial charge in [-0.05, 0) is 38.9 Å². The first-order chi connectivity index (χ1) is 7.73. The monoisotopic (exact) mass is 226 g/mol. The van der Waals surface area contributed by atoms with Crippen molar-refractivity contribution in [3.05, 3.63) is 0 Å². The number of rotatable bonds is 3. The van der Waals surface area contributed by atoms with Gasteiger partial charge in [0.25, 0.3) is 0 Å². The lowest BCUT2D eigenvalue weighted by atomic mass is 9.82. The number of carbonyl (C=O) groups is 1. The van der Waals surface area contributed by atoms with Crippen LogP contribution in [0.25, 0.3) is 0 Å². The summed E-state index contributed by atoms with van der Waals surface area (Å²) in [4.78, 5) is 14.4. The molecule has 1 N–H and O–H groups in total. The fraction of sp³-hybridized carbons (Fsp3) is 0.917. The second-order valence-corrected chi connectivity index (χ2v) is 4.87. The second-order valence-electron chi connectivity index (χ2n) is 4.87. The molecule has 4 nitrogen and oxygen atoms in total. The van der Waals surface area contributed by atoms with Crippen LogP contribution in [0.3, 0.4) is 0 Å². The third-order valence-corrected chi connectivity index (χ3v) is 4.15. The number of methoxy groups -OCH3 is 1. The van der Waals surface area contributed by atoms with E-state index in [1.165, 1.54) is 7.11 Å². The number of nitrogens with one attached hydrogen (secondary N) is 1. The van der Waals surface area contributed by atoms with E-state index >= 15 is 0 Å². The Morgan fingerprint density at radius 1 is 1.62 bits per heavy atom. The van der Waals surface area contributed by atoms with E-state index in [1.807, 2.05) is 0 Å². The lowest BCUT2D eigenvalue weighted by Crippen LogP contribution is -2.55. The summed E-state index contributed by atoms with van der Waals surface area (Å²) in [5.74, 6) is 0.357. The number of carbonyl (C=O) groups excluding carboxylic acids is 1. The zero-order valence-corrected chi connectivity index (χ0v) is 10.3. The minimum Gasteiger partial charge on any atom is -0.468 e. The molecule has 4 heteroatoms. The van der Waals surface area contributed by atoms with E-state index in [4.69, 9.17) is 4.74 Å². The molecule has 0 radical (unpaired) electrons. The van der Waals surface area contributed by atoms with E-state index in [2.05, 4.69) is 17.1 Å². The molecule has 0 saturated carbocycles. The molecule has 0 aromatic rings. The van der Waals surface area contributed by atoms with Gasteiger partial charge in [0, 0.05) is 12.5 Å².